The fourth-order valence-electron chi connectivity index (χ4n) is 2.43. The first-order chi connectivity index (χ1) is 8.53. The zero-order chi connectivity index (χ0) is 13.2. The average Bonchev–Trinajstić information content (AvgIpc) is 2.77. The van der Waals surface area contributed by atoms with E-state index in [0.29, 0.717) is 5.92 Å². The molecule has 1 aliphatic rings. The van der Waals surface area contributed by atoms with E-state index in [4.69, 9.17) is 5.73 Å². The molecule has 0 bridgehead atoms. The van der Waals surface area contributed by atoms with Crippen molar-refractivity contribution in [1.29, 1.82) is 0 Å². The van der Waals surface area contributed by atoms with Gasteiger partial charge in [0.2, 0.25) is 9.47 Å². The number of anilines is 1. The molecular weight excluding hydrogens is 272 g/mol. The lowest BCUT2D eigenvalue weighted by Crippen LogP contribution is -2.41. The SMILES string of the molecule is CCC1CCCCC1NS(=O)(=O)c1nnc(N)s1. The van der Waals surface area contributed by atoms with Crippen LogP contribution in [-0.2, 0) is 10.0 Å². The second kappa shape index (κ2) is 5.50. The predicted molar refractivity (Wildman–Crippen MR) is 70.7 cm³/mol. The van der Waals surface area contributed by atoms with E-state index in [0.717, 1.165) is 37.0 Å². The summed E-state index contributed by atoms with van der Waals surface area (Å²) < 4.78 is 26.9. The van der Waals surface area contributed by atoms with Gasteiger partial charge in [-0.25, -0.2) is 13.1 Å². The Kier molecular flexibility index (Phi) is 4.18. The van der Waals surface area contributed by atoms with Gasteiger partial charge in [-0.1, -0.05) is 37.5 Å². The standard InChI is InChI=1S/C10H18N4O2S2/c1-2-7-5-3-4-6-8(7)14-18(15,16)10-13-12-9(11)17-10/h7-8,14H,2-6H2,1H3,(H2,11,12). The summed E-state index contributed by atoms with van der Waals surface area (Å²) in [4.78, 5) is 0. The van der Waals surface area contributed by atoms with Gasteiger partial charge in [-0.05, 0) is 18.8 Å². The highest BCUT2D eigenvalue weighted by molar-refractivity contribution is 7.91. The van der Waals surface area contributed by atoms with Gasteiger partial charge in [-0.3, -0.25) is 0 Å². The first-order valence-corrected chi connectivity index (χ1v) is 8.44. The Labute approximate surface area is 111 Å². The minimum atomic E-state index is -3.57. The molecule has 0 aromatic carbocycles. The molecule has 1 heterocycles. The Morgan fingerprint density at radius 3 is 2.72 bits per heavy atom. The molecule has 8 heteroatoms. The first kappa shape index (κ1) is 13.7. The lowest BCUT2D eigenvalue weighted by molar-refractivity contribution is 0.282. The van der Waals surface area contributed by atoms with E-state index in [1.165, 1.54) is 6.42 Å². The van der Waals surface area contributed by atoms with Crippen molar-refractivity contribution in [3.8, 4) is 0 Å². The molecule has 0 saturated heterocycles. The monoisotopic (exact) mass is 290 g/mol. The molecule has 18 heavy (non-hydrogen) atoms. The third kappa shape index (κ3) is 2.99. The van der Waals surface area contributed by atoms with Crippen LogP contribution in [0.5, 0.6) is 0 Å². The second-order valence-corrected chi connectivity index (χ2v) is 7.48. The molecule has 2 atom stereocenters. The summed E-state index contributed by atoms with van der Waals surface area (Å²) in [7, 11) is -3.57. The van der Waals surface area contributed by atoms with Crippen molar-refractivity contribution in [3.63, 3.8) is 0 Å². The highest BCUT2D eigenvalue weighted by Crippen LogP contribution is 2.28. The maximum absolute atomic E-state index is 12.1. The van der Waals surface area contributed by atoms with Crippen LogP contribution in [0.3, 0.4) is 0 Å². The van der Waals surface area contributed by atoms with E-state index in [-0.39, 0.29) is 15.5 Å². The number of hydrogen-bond acceptors (Lipinski definition) is 6. The number of sulfonamides is 1. The Balaban J connectivity index is 2.12. The number of nitrogens with zero attached hydrogens (tertiary/aromatic N) is 2. The molecule has 1 aliphatic carbocycles. The van der Waals surface area contributed by atoms with E-state index in [1.807, 2.05) is 0 Å². The molecule has 6 nitrogen and oxygen atoms in total. The molecular formula is C10H18N4O2S2. The maximum Gasteiger partial charge on any atom is 0.270 e. The summed E-state index contributed by atoms with van der Waals surface area (Å²) in [5.41, 5.74) is 5.41. The maximum atomic E-state index is 12.1. The van der Waals surface area contributed by atoms with Gasteiger partial charge in [-0.2, -0.15) is 0 Å². The lowest BCUT2D eigenvalue weighted by atomic mass is 9.83. The van der Waals surface area contributed by atoms with E-state index >= 15 is 0 Å². The zero-order valence-corrected chi connectivity index (χ0v) is 11.9. The third-order valence-corrected chi connectivity index (χ3v) is 6.00. The average molecular weight is 290 g/mol. The molecule has 1 aromatic heterocycles. The van der Waals surface area contributed by atoms with Crippen molar-refractivity contribution >= 4 is 26.5 Å². The minimum Gasteiger partial charge on any atom is -0.374 e. The lowest BCUT2D eigenvalue weighted by Gasteiger charge is -2.30. The van der Waals surface area contributed by atoms with Crippen molar-refractivity contribution in [2.45, 2.75) is 49.4 Å². The second-order valence-electron chi connectivity index (χ2n) is 4.59. The molecule has 2 rings (SSSR count). The molecule has 102 valence electrons. The summed E-state index contributed by atoms with van der Waals surface area (Å²) in [6, 6.07) is 0.0128. The number of rotatable bonds is 4. The van der Waals surface area contributed by atoms with Gasteiger partial charge in [0.05, 0.1) is 0 Å². The van der Waals surface area contributed by atoms with Crippen molar-refractivity contribution in [2.24, 2.45) is 5.92 Å². The van der Waals surface area contributed by atoms with Crippen LogP contribution in [0.2, 0.25) is 0 Å². The number of aromatic nitrogens is 2. The smallest absolute Gasteiger partial charge is 0.270 e. The normalized spacial score (nSPS) is 25.2. The molecule has 0 amide bonds. The van der Waals surface area contributed by atoms with Crippen LogP contribution in [0, 0.1) is 5.92 Å². The summed E-state index contributed by atoms with van der Waals surface area (Å²) in [6.07, 6.45) is 5.23. The number of hydrogen-bond donors (Lipinski definition) is 2. The van der Waals surface area contributed by atoms with Crippen molar-refractivity contribution in [2.75, 3.05) is 5.73 Å². The molecule has 0 radical (unpaired) electrons. The van der Waals surface area contributed by atoms with Gasteiger partial charge >= 0.3 is 0 Å². The van der Waals surface area contributed by atoms with Crippen LogP contribution in [0.4, 0.5) is 5.13 Å². The van der Waals surface area contributed by atoms with Crippen LogP contribution in [-0.4, -0.2) is 24.7 Å². The Morgan fingerprint density at radius 1 is 1.39 bits per heavy atom. The summed E-state index contributed by atoms with van der Waals surface area (Å²) in [5.74, 6) is 0.416. The van der Waals surface area contributed by atoms with Crippen LogP contribution in [0.25, 0.3) is 0 Å². The summed E-state index contributed by atoms with van der Waals surface area (Å²) in [6.45, 7) is 2.10. The van der Waals surface area contributed by atoms with Gasteiger partial charge in [0.1, 0.15) is 0 Å². The van der Waals surface area contributed by atoms with Crippen LogP contribution in [0.15, 0.2) is 4.34 Å². The Morgan fingerprint density at radius 2 is 2.11 bits per heavy atom. The largest absolute Gasteiger partial charge is 0.374 e. The Hall–Kier alpha value is -0.730. The fraction of sp³-hybridized carbons (Fsp3) is 0.800. The highest BCUT2D eigenvalue weighted by Gasteiger charge is 2.30. The van der Waals surface area contributed by atoms with E-state index in [2.05, 4.69) is 21.8 Å². The molecule has 1 aromatic rings. The molecule has 0 spiro atoms. The minimum absolute atomic E-state index is 0.0128. The van der Waals surface area contributed by atoms with Gasteiger partial charge in [0.15, 0.2) is 0 Å². The molecule has 1 fully saturated rings. The van der Waals surface area contributed by atoms with Gasteiger partial charge in [0.25, 0.3) is 10.0 Å². The molecule has 2 unspecified atom stereocenters. The van der Waals surface area contributed by atoms with Gasteiger partial charge in [0, 0.05) is 6.04 Å². The van der Waals surface area contributed by atoms with E-state index in [9.17, 15) is 8.42 Å². The topological polar surface area (TPSA) is 98.0 Å². The summed E-state index contributed by atoms with van der Waals surface area (Å²) >= 11 is 0.897. The number of nitrogen functional groups attached to an aromatic ring is 1. The predicted octanol–water partition coefficient (Wildman–Crippen LogP) is 1.37. The Bertz CT molecular complexity index is 500. The highest BCUT2D eigenvalue weighted by atomic mass is 32.2. The molecule has 3 N–H and O–H groups in total. The quantitative estimate of drug-likeness (QED) is 0.872. The van der Waals surface area contributed by atoms with E-state index in [1.54, 1.807) is 0 Å². The fourth-order valence-corrected chi connectivity index (χ4v) is 4.57. The van der Waals surface area contributed by atoms with Gasteiger partial charge in [-0.15, -0.1) is 10.2 Å². The third-order valence-electron chi connectivity index (χ3n) is 3.39. The van der Waals surface area contributed by atoms with Crippen molar-refractivity contribution < 1.29 is 8.42 Å². The zero-order valence-electron chi connectivity index (χ0n) is 10.3. The van der Waals surface area contributed by atoms with Crippen LogP contribution in [0.1, 0.15) is 39.0 Å². The number of nitrogens with one attached hydrogen (secondary N) is 1. The van der Waals surface area contributed by atoms with Gasteiger partial charge < -0.3 is 5.73 Å². The molecule has 0 aliphatic heterocycles. The molecule has 1 saturated carbocycles. The van der Waals surface area contributed by atoms with Crippen molar-refractivity contribution in [1.82, 2.24) is 14.9 Å². The first-order valence-electron chi connectivity index (χ1n) is 6.14. The van der Waals surface area contributed by atoms with Crippen LogP contribution < -0.4 is 10.5 Å². The van der Waals surface area contributed by atoms with Crippen LogP contribution >= 0.6 is 11.3 Å². The van der Waals surface area contributed by atoms with Crippen molar-refractivity contribution in [3.05, 3.63) is 0 Å². The van der Waals surface area contributed by atoms with E-state index < -0.39 is 10.0 Å². The number of nitrogens with two attached hydrogens (primary N) is 1. The summed E-state index contributed by atoms with van der Waals surface area (Å²) in [5, 5.41) is 7.31.